The summed E-state index contributed by atoms with van der Waals surface area (Å²) in [5.74, 6) is -0.577. The summed E-state index contributed by atoms with van der Waals surface area (Å²) in [5, 5.41) is 14.3. The first kappa shape index (κ1) is 14.3. The van der Waals surface area contributed by atoms with Crippen molar-refractivity contribution < 1.29 is 9.90 Å². The first-order valence-electron chi connectivity index (χ1n) is 6.56. The minimum Gasteiger partial charge on any atom is -0.480 e. The monoisotopic (exact) mass is 285 g/mol. The predicted octanol–water partition coefficient (Wildman–Crippen LogP) is 2.07. The molecule has 1 aliphatic rings. The van der Waals surface area contributed by atoms with Crippen LogP contribution in [0.15, 0.2) is 0 Å². The largest absolute Gasteiger partial charge is 0.480 e. The Balaban J connectivity index is 2.23. The molecule has 0 aromatic carbocycles. The van der Waals surface area contributed by atoms with Crippen LogP contribution in [0.2, 0.25) is 5.15 Å². The van der Waals surface area contributed by atoms with E-state index in [4.69, 9.17) is 11.6 Å². The highest BCUT2D eigenvalue weighted by Crippen LogP contribution is 2.28. The van der Waals surface area contributed by atoms with Crippen LogP contribution in [0, 0.1) is 12.8 Å². The molecule has 6 heteroatoms. The predicted molar refractivity (Wildman–Crippen MR) is 73.2 cm³/mol. The van der Waals surface area contributed by atoms with E-state index in [-0.39, 0.29) is 5.92 Å². The SMILES string of the molecule is Cc1nn(C)c(Cl)c1CN1CCCC(C)C1C(=O)O. The lowest BCUT2D eigenvalue weighted by molar-refractivity contribution is -0.147. The fourth-order valence-corrected chi connectivity index (χ4v) is 3.14. The van der Waals surface area contributed by atoms with E-state index >= 15 is 0 Å². The van der Waals surface area contributed by atoms with Gasteiger partial charge >= 0.3 is 5.97 Å². The fraction of sp³-hybridized carbons (Fsp3) is 0.692. The van der Waals surface area contributed by atoms with Crippen molar-refractivity contribution in [2.45, 2.75) is 39.3 Å². The molecular weight excluding hydrogens is 266 g/mol. The molecule has 1 aromatic heterocycles. The maximum atomic E-state index is 11.4. The minimum absolute atomic E-state index is 0.169. The van der Waals surface area contributed by atoms with Crippen LogP contribution >= 0.6 is 11.6 Å². The molecule has 2 heterocycles. The van der Waals surface area contributed by atoms with E-state index in [0.717, 1.165) is 30.6 Å². The Hall–Kier alpha value is -1.07. The van der Waals surface area contributed by atoms with Crippen LogP contribution in [0.3, 0.4) is 0 Å². The molecule has 5 nitrogen and oxygen atoms in total. The number of likely N-dealkylation sites (tertiary alicyclic amines) is 1. The van der Waals surface area contributed by atoms with Gasteiger partial charge in [0.15, 0.2) is 0 Å². The van der Waals surface area contributed by atoms with Gasteiger partial charge in [-0.25, -0.2) is 0 Å². The molecule has 1 saturated heterocycles. The number of aliphatic carboxylic acids is 1. The number of carboxylic acid groups (broad SMARTS) is 1. The molecule has 106 valence electrons. The average molecular weight is 286 g/mol. The van der Waals surface area contributed by atoms with Gasteiger partial charge in [-0.1, -0.05) is 18.5 Å². The van der Waals surface area contributed by atoms with Gasteiger partial charge in [0.25, 0.3) is 0 Å². The summed E-state index contributed by atoms with van der Waals surface area (Å²) in [7, 11) is 1.80. The van der Waals surface area contributed by atoms with Gasteiger partial charge in [0.05, 0.1) is 5.69 Å². The van der Waals surface area contributed by atoms with E-state index in [9.17, 15) is 9.90 Å². The van der Waals surface area contributed by atoms with Gasteiger partial charge in [0, 0.05) is 19.2 Å². The van der Waals surface area contributed by atoms with E-state index in [1.165, 1.54) is 0 Å². The molecule has 2 atom stereocenters. The number of aromatic nitrogens is 2. The molecule has 2 unspecified atom stereocenters. The van der Waals surface area contributed by atoms with Crippen molar-refractivity contribution in [1.29, 1.82) is 0 Å². The number of aryl methyl sites for hydroxylation is 2. The van der Waals surface area contributed by atoms with Crippen LogP contribution in [0.4, 0.5) is 0 Å². The standard InChI is InChI=1S/C13H20ClN3O2/c1-8-5-4-6-17(11(8)13(18)19)7-10-9(2)15-16(3)12(10)14/h8,11H,4-7H2,1-3H3,(H,18,19). The van der Waals surface area contributed by atoms with Gasteiger partial charge in [-0.05, 0) is 32.2 Å². The number of piperidine rings is 1. The van der Waals surface area contributed by atoms with Crippen LogP contribution in [-0.2, 0) is 18.4 Å². The highest BCUT2D eigenvalue weighted by molar-refractivity contribution is 6.30. The third-order valence-corrected chi connectivity index (χ3v) is 4.39. The average Bonchev–Trinajstić information content (AvgIpc) is 2.55. The smallest absolute Gasteiger partial charge is 0.321 e. The van der Waals surface area contributed by atoms with Crippen molar-refractivity contribution in [2.75, 3.05) is 6.54 Å². The maximum absolute atomic E-state index is 11.4. The zero-order valence-corrected chi connectivity index (χ0v) is 12.3. The van der Waals surface area contributed by atoms with Crippen molar-refractivity contribution in [3.63, 3.8) is 0 Å². The van der Waals surface area contributed by atoms with Crippen molar-refractivity contribution in [3.8, 4) is 0 Å². The zero-order chi connectivity index (χ0) is 14.2. The third kappa shape index (κ3) is 2.77. The summed E-state index contributed by atoms with van der Waals surface area (Å²) < 4.78 is 1.63. The van der Waals surface area contributed by atoms with Crippen LogP contribution in [0.5, 0.6) is 0 Å². The second-order valence-electron chi connectivity index (χ2n) is 5.35. The molecule has 0 amide bonds. The molecule has 0 radical (unpaired) electrons. The van der Waals surface area contributed by atoms with Crippen LogP contribution in [-0.4, -0.2) is 38.3 Å². The van der Waals surface area contributed by atoms with Crippen molar-refractivity contribution >= 4 is 17.6 Å². The lowest BCUT2D eigenvalue weighted by atomic mass is 9.90. The molecule has 0 spiro atoms. The van der Waals surface area contributed by atoms with Gasteiger partial charge < -0.3 is 5.11 Å². The highest BCUT2D eigenvalue weighted by Gasteiger charge is 2.34. The van der Waals surface area contributed by atoms with Gasteiger partial charge in [0.1, 0.15) is 11.2 Å². The number of hydrogen-bond acceptors (Lipinski definition) is 3. The summed E-state index contributed by atoms with van der Waals surface area (Å²) in [6.07, 6.45) is 2.00. The number of carboxylic acids is 1. The molecule has 0 saturated carbocycles. The normalized spacial score (nSPS) is 24.6. The Labute approximate surface area is 118 Å². The van der Waals surface area contributed by atoms with E-state index < -0.39 is 12.0 Å². The van der Waals surface area contributed by atoms with Gasteiger partial charge in [0.2, 0.25) is 0 Å². The van der Waals surface area contributed by atoms with Crippen LogP contribution in [0.1, 0.15) is 31.0 Å². The first-order valence-corrected chi connectivity index (χ1v) is 6.94. The fourth-order valence-electron chi connectivity index (χ4n) is 2.91. The number of hydrogen-bond donors (Lipinski definition) is 1. The second-order valence-corrected chi connectivity index (χ2v) is 5.71. The molecule has 1 N–H and O–H groups in total. The Morgan fingerprint density at radius 3 is 2.79 bits per heavy atom. The molecule has 0 aliphatic carbocycles. The Kier molecular flexibility index (Phi) is 4.16. The topological polar surface area (TPSA) is 58.4 Å². The summed E-state index contributed by atoms with van der Waals surface area (Å²) in [6.45, 7) is 5.26. The molecule has 19 heavy (non-hydrogen) atoms. The molecule has 1 aliphatic heterocycles. The van der Waals surface area contributed by atoms with Gasteiger partial charge in [-0.2, -0.15) is 5.10 Å². The lowest BCUT2D eigenvalue weighted by Gasteiger charge is -2.37. The Bertz CT molecular complexity index is 486. The summed E-state index contributed by atoms with van der Waals surface area (Å²) in [6, 6.07) is -0.426. The van der Waals surface area contributed by atoms with Gasteiger partial charge in [-0.3, -0.25) is 14.4 Å². The summed E-state index contributed by atoms with van der Waals surface area (Å²) in [5.41, 5.74) is 1.80. The van der Waals surface area contributed by atoms with Crippen LogP contribution in [0.25, 0.3) is 0 Å². The Morgan fingerprint density at radius 1 is 1.58 bits per heavy atom. The highest BCUT2D eigenvalue weighted by atomic mass is 35.5. The van der Waals surface area contributed by atoms with E-state index in [0.29, 0.717) is 11.7 Å². The van der Waals surface area contributed by atoms with Crippen molar-refractivity contribution in [1.82, 2.24) is 14.7 Å². The Morgan fingerprint density at radius 2 is 2.26 bits per heavy atom. The third-order valence-electron chi connectivity index (χ3n) is 3.92. The van der Waals surface area contributed by atoms with Crippen molar-refractivity contribution in [3.05, 3.63) is 16.4 Å². The molecule has 2 rings (SSSR count). The summed E-state index contributed by atoms with van der Waals surface area (Å²) >= 11 is 6.22. The quantitative estimate of drug-likeness (QED) is 0.924. The number of nitrogens with zero attached hydrogens (tertiary/aromatic N) is 3. The number of rotatable bonds is 3. The van der Waals surface area contributed by atoms with E-state index in [1.54, 1.807) is 11.7 Å². The minimum atomic E-state index is -0.745. The number of halogens is 1. The second kappa shape index (κ2) is 5.51. The molecule has 1 fully saturated rings. The summed E-state index contributed by atoms with van der Waals surface area (Å²) in [4.78, 5) is 13.5. The molecular formula is C13H20ClN3O2. The van der Waals surface area contributed by atoms with E-state index in [2.05, 4.69) is 5.10 Å². The lowest BCUT2D eigenvalue weighted by Crippen LogP contribution is -2.48. The van der Waals surface area contributed by atoms with Gasteiger partial charge in [-0.15, -0.1) is 0 Å². The first-order chi connectivity index (χ1) is 8.91. The molecule has 0 bridgehead atoms. The molecule has 1 aromatic rings. The van der Waals surface area contributed by atoms with E-state index in [1.807, 2.05) is 18.7 Å². The maximum Gasteiger partial charge on any atom is 0.321 e. The number of carbonyl (C=O) groups is 1. The zero-order valence-electron chi connectivity index (χ0n) is 11.6. The van der Waals surface area contributed by atoms with Crippen molar-refractivity contribution in [2.24, 2.45) is 13.0 Å². The van der Waals surface area contributed by atoms with Crippen LogP contribution < -0.4 is 0 Å².